The molecule has 1 heterocycles. The zero-order chi connectivity index (χ0) is 18.4. The van der Waals surface area contributed by atoms with E-state index in [0.29, 0.717) is 24.7 Å². The largest absolute Gasteiger partial charge is 0.497 e. The number of carbonyl (C=O) groups is 1. The van der Waals surface area contributed by atoms with Crippen molar-refractivity contribution in [3.8, 4) is 5.75 Å². The SMILES string of the molecule is COc1cccc(N2CCN(C(=O)COCc3ccccc3Cl)CC2)c1. The Kier molecular flexibility index (Phi) is 6.36. The van der Waals surface area contributed by atoms with Gasteiger partial charge in [-0.05, 0) is 23.8 Å². The Hall–Kier alpha value is -2.24. The van der Waals surface area contributed by atoms with E-state index in [4.69, 9.17) is 21.1 Å². The van der Waals surface area contributed by atoms with Gasteiger partial charge in [0.15, 0.2) is 0 Å². The number of carbonyl (C=O) groups excluding carboxylic acids is 1. The molecule has 5 nitrogen and oxygen atoms in total. The summed E-state index contributed by atoms with van der Waals surface area (Å²) in [6.07, 6.45) is 0. The molecule has 138 valence electrons. The number of rotatable bonds is 6. The molecular weight excluding hydrogens is 352 g/mol. The maximum Gasteiger partial charge on any atom is 0.248 e. The minimum Gasteiger partial charge on any atom is -0.497 e. The summed E-state index contributed by atoms with van der Waals surface area (Å²) in [6, 6.07) is 15.5. The molecule has 0 bridgehead atoms. The highest BCUT2D eigenvalue weighted by molar-refractivity contribution is 6.31. The van der Waals surface area contributed by atoms with Crippen molar-refractivity contribution < 1.29 is 14.3 Å². The quantitative estimate of drug-likeness (QED) is 0.778. The van der Waals surface area contributed by atoms with Crippen LogP contribution < -0.4 is 9.64 Å². The molecule has 0 radical (unpaired) electrons. The van der Waals surface area contributed by atoms with E-state index in [2.05, 4.69) is 11.0 Å². The number of ether oxygens (including phenoxy) is 2. The standard InChI is InChI=1S/C20H23ClN2O3/c1-25-18-7-4-6-17(13-18)22-9-11-23(12-10-22)20(24)15-26-14-16-5-2-3-8-19(16)21/h2-8,13H,9-12,14-15H2,1H3. The van der Waals surface area contributed by atoms with Gasteiger partial charge >= 0.3 is 0 Å². The van der Waals surface area contributed by atoms with Crippen LogP contribution in [0.3, 0.4) is 0 Å². The van der Waals surface area contributed by atoms with Gasteiger partial charge in [-0.15, -0.1) is 0 Å². The molecule has 1 fully saturated rings. The minimum absolute atomic E-state index is 0.0161. The van der Waals surface area contributed by atoms with Gasteiger partial charge in [-0.2, -0.15) is 0 Å². The first-order chi connectivity index (χ1) is 12.7. The first-order valence-corrected chi connectivity index (χ1v) is 9.03. The lowest BCUT2D eigenvalue weighted by atomic mass is 10.2. The zero-order valence-corrected chi connectivity index (χ0v) is 15.6. The number of methoxy groups -OCH3 is 1. The number of nitrogens with zero attached hydrogens (tertiary/aromatic N) is 2. The van der Waals surface area contributed by atoms with Crippen LogP contribution >= 0.6 is 11.6 Å². The molecule has 26 heavy (non-hydrogen) atoms. The second-order valence-corrected chi connectivity index (χ2v) is 6.56. The minimum atomic E-state index is 0.0161. The number of anilines is 1. The van der Waals surface area contributed by atoms with Crippen LogP contribution in [0.4, 0.5) is 5.69 Å². The molecule has 0 aromatic heterocycles. The van der Waals surface area contributed by atoms with Crippen LogP contribution in [0.15, 0.2) is 48.5 Å². The van der Waals surface area contributed by atoms with Gasteiger partial charge in [-0.1, -0.05) is 35.9 Å². The molecule has 0 unspecified atom stereocenters. The van der Waals surface area contributed by atoms with Gasteiger partial charge in [0.05, 0.1) is 13.7 Å². The number of hydrogen-bond donors (Lipinski definition) is 0. The van der Waals surface area contributed by atoms with Crippen molar-refractivity contribution in [2.75, 3.05) is 44.8 Å². The lowest BCUT2D eigenvalue weighted by Gasteiger charge is -2.36. The molecule has 6 heteroatoms. The van der Waals surface area contributed by atoms with Gasteiger partial charge in [-0.3, -0.25) is 4.79 Å². The van der Waals surface area contributed by atoms with Crippen molar-refractivity contribution in [2.45, 2.75) is 6.61 Å². The summed E-state index contributed by atoms with van der Waals surface area (Å²) in [5.41, 5.74) is 2.01. The predicted molar refractivity (Wildman–Crippen MR) is 103 cm³/mol. The fraction of sp³-hybridized carbons (Fsp3) is 0.350. The van der Waals surface area contributed by atoms with E-state index in [0.717, 1.165) is 30.1 Å². The lowest BCUT2D eigenvalue weighted by molar-refractivity contribution is -0.136. The summed E-state index contributed by atoms with van der Waals surface area (Å²) in [6.45, 7) is 3.38. The van der Waals surface area contributed by atoms with Gasteiger partial charge in [0, 0.05) is 43.0 Å². The molecule has 0 spiro atoms. The summed E-state index contributed by atoms with van der Waals surface area (Å²) in [7, 11) is 1.67. The van der Waals surface area contributed by atoms with Crippen LogP contribution in [0.1, 0.15) is 5.56 Å². The average molecular weight is 375 g/mol. The third kappa shape index (κ3) is 4.68. The Labute approximate surface area is 159 Å². The third-order valence-corrected chi connectivity index (χ3v) is 4.86. The molecule has 0 atom stereocenters. The zero-order valence-electron chi connectivity index (χ0n) is 14.9. The molecule has 1 aliphatic rings. The fourth-order valence-electron chi connectivity index (χ4n) is 2.98. The van der Waals surface area contributed by atoms with E-state index in [1.807, 2.05) is 47.4 Å². The van der Waals surface area contributed by atoms with E-state index < -0.39 is 0 Å². The molecule has 0 saturated carbocycles. The van der Waals surface area contributed by atoms with Gasteiger partial charge in [0.1, 0.15) is 12.4 Å². The van der Waals surface area contributed by atoms with Crippen LogP contribution in [0, 0.1) is 0 Å². The average Bonchev–Trinajstić information content (AvgIpc) is 2.69. The smallest absolute Gasteiger partial charge is 0.248 e. The summed E-state index contributed by atoms with van der Waals surface area (Å²) < 4.78 is 10.8. The normalized spacial score (nSPS) is 14.4. The Morgan fingerprint density at radius 1 is 1.08 bits per heavy atom. The summed E-state index contributed by atoms with van der Waals surface area (Å²) >= 11 is 6.09. The molecule has 1 saturated heterocycles. The maximum atomic E-state index is 12.3. The second-order valence-electron chi connectivity index (χ2n) is 6.15. The third-order valence-electron chi connectivity index (χ3n) is 4.49. The Morgan fingerprint density at radius 3 is 2.58 bits per heavy atom. The summed E-state index contributed by atoms with van der Waals surface area (Å²) in [5.74, 6) is 0.858. The number of piperazine rings is 1. The monoisotopic (exact) mass is 374 g/mol. The number of hydrogen-bond acceptors (Lipinski definition) is 4. The molecule has 3 rings (SSSR count). The molecule has 0 aliphatic carbocycles. The molecular formula is C20H23ClN2O3. The molecule has 1 aliphatic heterocycles. The Bertz CT molecular complexity index is 745. The van der Waals surface area contributed by atoms with Crippen molar-refractivity contribution in [1.82, 2.24) is 4.90 Å². The molecule has 2 aromatic rings. The number of halogens is 1. The van der Waals surface area contributed by atoms with Crippen molar-refractivity contribution in [1.29, 1.82) is 0 Å². The van der Waals surface area contributed by atoms with Crippen LogP contribution in [0.2, 0.25) is 5.02 Å². The van der Waals surface area contributed by atoms with Crippen LogP contribution in [0.5, 0.6) is 5.75 Å². The highest BCUT2D eigenvalue weighted by Crippen LogP contribution is 2.22. The molecule has 0 N–H and O–H groups in total. The summed E-state index contributed by atoms with van der Waals surface area (Å²) in [4.78, 5) is 16.5. The van der Waals surface area contributed by atoms with Crippen molar-refractivity contribution in [3.05, 3.63) is 59.1 Å². The predicted octanol–water partition coefficient (Wildman–Crippen LogP) is 3.21. The van der Waals surface area contributed by atoms with E-state index >= 15 is 0 Å². The lowest BCUT2D eigenvalue weighted by Crippen LogP contribution is -2.49. The highest BCUT2D eigenvalue weighted by atomic mass is 35.5. The van der Waals surface area contributed by atoms with E-state index in [-0.39, 0.29) is 12.5 Å². The van der Waals surface area contributed by atoms with Crippen LogP contribution in [-0.4, -0.2) is 50.7 Å². The van der Waals surface area contributed by atoms with Crippen molar-refractivity contribution in [2.24, 2.45) is 0 Å². The van der Waals surface area contributed by atoms with E-state index in [1.54, 1.807) is 7.11 Å². The van der Waals surface area contributed by atoms with Crippen molar-refractivity contribution in [3.63, 3.8) is 0 Å². The van der Waals surface area contributed by atoms with Crippen molar-refractivity contribution >= 4 is 23.2 Å². The van der Waals surface area contributed by atoms with Crippen LogP contribution in [-0.2, 0) is 16.1 Å². The van der Waals surface area contributed by atoms with E-state index in [1.165, 1.54) is 0 Å². The topological polar surface area (TPSA) is 42.0 Å². The van der Waals surface area contributed by atoms with Gasteiger partial charge in [-0.25, -0.2) is 0 Å². The van der Waals surface area contributed by atoms with Gasteiger partial charge in [0.2, 0.25) is 5.91 Å². The number of benzene rings is 2. The first kappa shape index (κ1) is 18.5. The van der Waals surface area contributed by atoms with Gasteiger partial charge < -0.3 is 19.3 Å². The van der Waals surface area contributed by atoms with Gasteiger partial charge in [0.25, 0.3) is 0 Å². The number of amides is 1. The van der Waals surface area contributed by atoms with Crippen LogP contribution in [0.25, 0.3) is 0 Å². The Balaban J connectivity index is 1.45. The summed E-state index contributed by atoms with van der Waals surface area (Å²) in [5, 5.41) is 0.659. The first-order valence-electron chi connectivity index (χ1n) is 8.65. The highest BCUT2D eigenvalue weighted by Gasteiger charge is 2.21. The fourth-order valence-corrected chi connectivity index (χ4v) is 3.17. The Morgan fingerprint density at radius 2 is 1.85 bits per heavy atom. The molecule has 1 amide bonds. The van der Waals surface area contributed by atoms with E-state index in [9.17, 15) is 4.79 Å². The second kappa shape index (κ2) is 8.92. The maximum absolute atomic E-state index is 12.3. The molecule has 2 aromatic carbocycles.